The van der Waals surface area contributed by atoms with Gasteiger partial charge in [-0.25, -0.2) is 0 Å². The number of hydrogen-bond acceptors (Lipinski definition) is 5. The second-order valence-corrected chi connectivity index (χ2v) is 5.44. The summed E-state index contributed by atoms with van der Waals surface area (Å²) in [7, 11) is -9.49. The van der Waals surface area contributed by atoms with Gasteiger partial charge in [0.25, 0.3) is 20.2 Å². The summed E-state index contributed by atoms with van der Waals surface area (Å²) in [5.74, 6) is 0. The predicted octanol–water partition coefficient (Wildman–Crippen LogP) is -0.238. The monoisotopic (exact) mass is 253 g/mol. The minimum atomic E-state index is -4.76. The normalized spacial score (nSPS) is 12.7. The molecule has 0 atom stereocenters. The predicted molar refractivity (Wildman–Crippen MR) is 50.5 cm³/mol. The molecule has 84 valence electrons. The first-order valence-corrected chi connectivity index (χ1v) is 6.35. The van der Waals surface area contributed by atoms with Crippen molar-refractivity contribution in [3.05, 3.63) is 18.2 Å². The van der Waals surface area contributed by atoms with Gasteiger partial charge in [0.1, 0.15) is 9.79 Å². The smallest absolute Gasteiger partial charge is 0.295 e. The summed E-state index contributed by atoms with van der Waals surface area (Å²) in [4.78, 5) is -1.87. The molecule has 1 aromatic carbocycles. The Bertz CT molecular complexity index is 588. The largest absolute Gasteiger partial charge is 0.399 e. The number of rotatable bonds is 2. The van der Waals surface area contributed by atoms with Crippen LogP contribution < -0.4 is 5.73 Å². The maximum atomic E-state index is 10.8. The number of nitrogens with two attached hydrogens (primary N) is 1. The molecule has 0 spiro atoms. The van der Waals surface area contributed by atoms with Gasteiger partial charge in [-0.2, -0.15) is 16.8 Å². The van der Waals surface area contributed by atoms with Crippen LogP contribution in [0.4, 0.5) is 5.69 Å². The molecule has 7 nitrogen and oxygen atoms in total. The Morgan fingerprint density at radius 2 is 1.40 bits per heavy atom. The third kappa shape index (κ3) is 2.65. The van der Waals surface area contributed by atoms with E-state index in [1.807, 2.05) is 0 Å². The first kappa shape index (κ1) is 11.9. The van der Waals surface area contributed by atoms with Crippen LogP contribution in [0.25, 0.3) is 0 Å². The summed E-state index contributed by atoms with van der Waals surface area (Å²) in [5, 5.41) is 0. The third-order valence-electron chi connectivity index (χ3n) is 1.52. The van der Waals surface area contributed by atoms with Gasteiger partial charge in [0.05, 0.1) is 0 Å². The molecule has 0 aromatic heterocycles. The average molecular weight is 253 g/mol. The van der Waals surface area contributed by atoms with Crippen molar-refractivity contribution in [3.8, 4) is 0 Å². The lowest BCUT2D eigenvalue weighted by Gasteiger charge is -2.04. The van der Waals surface area contributed by atoms with Gasteiger partial charge in [-0.3, -0.25) is 9.11 Å². The minimum Gasteiger partial charge on any atom is -0.399 e. The van der Waals surface area contributed by atoms with Crippen LogP contribution in [0.1, 0.15) is 0 Å². The molecule has 0 aliphatic carbocycles. The molecule has 1 aromatic rings. The van der Waals surface area contributed by atoms with E-state index in [9.17, 15) is 16.8 Å². The average Bonchev–Trinajstić information content (AvgIpc) is 2.00. The van der Waals surface area contributed by atoms with Crippen molar-refractivity contribution < 1.29 is 25.9 Å². The molecule has 0 bridgehead atoms. The minimum absolute atomic E-state index is 0.0602. The van der Waals surface area contributed by atoms with Crippen molar-refractivity contribution in [1.82, 2.24) is 0 Å². The molecule has 0 fully saturated rings. The van der Waals surface area contributed by atoms with Crippen LogP contribution in [0.5, 0.6) is 0 Å². The molecule has 0 saturated heterocycles. The molecule has 1 rings (SSSR count). The molecule has 0 radical (unpaired) electrons. The van der Waals surface area contributed by atoms with Crippen LogP contribution in [0.3, 0.4) is 0 Å². The van der Waals surface area contributed by atoms with E-state index in [1.165, 1.54) is 0 Å². The lowest BCUT2D eigenvalue weighted by atomic mass is 10.3. The lowest BCUT2D eigenvalue weighted by molar-refractivity contribution is 0.466. The fourth-order valence-electron chi connectivity index (χ4n) is 0.939. The highest BCUT2D eigenvalue weighted by Crippen LogP contribution is 2.22. The van der Waals surface area contributed by atoms with Crippen molar-refractivity contribution in [1.29, 1.82) is 0 Å². The number of benzene rings is 1. The van der Waals surface area contributed by atoms with Gasteiger partial charge in [-0.15, -0.1) is 0 Å². The van der Waals surface area contributed by atoms with Crippen molar-refractivity contribution in [2.75, 3.05) is 5.73 Å². The second kappa shape index (κ2) is 3.45. The standard InChI is InChI=1S/C6H7NO6S2/c7-4-1-2-5(14(8,9)10)6(3-4)15(11,12)13/h1-3H,7H2,(H,8,9,10)(H,11,12,13). The summed E-state index contributed by atoms with van der Waals surface area (Å²) in [5.41, 5.74) is 5.16. The lowest BCUT2D eigenvalue weighted by Crippen LogP contribution is -2.08. The first-order chi connectivity index (χ1) is 6.62. The molecule has 0 saturated carbocycles. The highest BCUT2D eigenvalue weighted by Gasteiger charge is 2.23. The van der Waals surface area contributed by atoms with E-state index in [4.69, 9.17) is 14.8 Å². The van der Waals surface area contributed by atoms with Gasteiger partial charge >= 0.3 is 0 Å². The van der Waals surface area contributed by atoms with Crippen molar-refractivity contribution in [3.63, 3.8) is 0 Å². The van der Waals surface area contributed by atoms with Gasteiger partial charge in [0.2, 0.25) is 0 Å². The summed E-state index contributed by atoms with van der Waals surface area (Å²) in [6, 6.07) is 2.60. The Morgan fingerprint density at radius 3 is 1.80 bits per heavy atom. The Labute approximate surface area is 86.0 Å². The Kier molecular flexibility index (Phi) is 2.74. The highest BCUT2D eigenvalue weighted by atomic mass is 32.2. The zero-order valence-electron chi connectivity index (χ0n) is 7.15. The molecule has 0 unspecified atom stereocenters. The van der Waals surface area contributed by atoms with Crippen molar-refractivity contribution in [2.24, 2.45) is 0 Å². The van der Waals surface area contributed by atoms with E-state index in [-0.39, 0.29) is 5.69 Å². The zero-order valence-corrected chi connectivity index (χ0v) is 8.79. The van der Waals surface area contributed by atoms with Gasteiger partial charge in [0, 0.05) is 5.69 Å². The summed E-state index contributed by atoms with van der Waals surface area (Å²) >= 11 is 0. The Balaban J connectivity index is 3.71. The molecular weight excluding hydrogens is 246 g/mol. The topological polar surface area (TPSA) is 135 Å². The maximum Gasteiger partial charge on any atom is 0.295 e. The van der Waals surface area contributed by atoms with Crippen LogP contribution >= 0.6 is 0 Å². The van der Waals surface area contributed by atoms with Crippen LogP contribution in [0.15, 0.2) is 28.0 Å². The fraction of sp³-hybridized carbons (Fsp3) is 0. The molecule has 15 heavy (non-hydrogen) atoms. The highest BCUT2D eigenvalue weighted by molar-refractivity contribution is 7.89. The molecule has 0 heterocycles. The number of hydrogen-bond donors (Lipinski definition) is 3. The zero-order chi connectivity index (χ0) is 11.9. The van der Waals surface area contributed by atoms with E-state index < -0.39 is 30.0 Å². The molecule has 0 aliphatic rings. The number of nitrogen functional groups attached to an aromatic ring is 1. The first-order valence-electron chi connectivity index (χ1n) is 3.47. The van der Waals surface area contributed by atoms with E-state index in [0.29, 0.717) is 0 Å². The van der Waals surface area contributed by atoms with Crippen molar-refractivity contribution >= 4 is 25.9 Å². The Hall–Kier alpha value is -1.16. The molecular formula is C6H7NO6S2. The van der Waals surface area contributed by atoms with Crippen LogP contribution in [-0.2, 0) is 20.2 Å². The summed E-state index contributed by atoms with van der Waals surface area (Å²) < 4.78 is 60.4. The molecule has 0 aliphatic heterocycles. The maximum absolute atomic E-state index is 10.8. The van der Waals surface area contributed by atoms with Crippen LogP contribution in [0, 0.1) is 0 Å². The quantitative estimate of drug-likeness (QED) is 0.489. The van der Waals surface area contributed by atoms with Gasteiger partial charge in [0.15, 0.2) is 0 Å². The molecule has 4 N–H and O–H groups in total. The van der Waals surface area contributed by atoms with E-state index >= 15 is 0 Å². The van der Waals surface area contributed by atoms with Gasteiger partial charge in [-0.1, -0.05) is 0 Å². The summed E-state index contributed by atoms with van der Waals surface area (Å²) in [6.45, 7) is 0. The van der Waals surface area contributed by atoms with Crippen LogP contribution in [0.2, 0.25) is 0 Å². The second-order valence-electron chi connectivity index (χ2n) is 2.66. The van der Waals surface area contributed by atoms with Crippen LogP contribution in [-0.4, -0.2) is 25.9 Å². The van der Waals surface area contributed by atoms with Crippen molar-refractivity contribution in [2.45, 2.75) is 9.79 Å². The van der Waals surface area contributed by atoms with Gasteiger partial charge < -0.3 is 5.73 Å². The third-order valence-corrected chi connectivity index (χ3v) is 3.46. The Morgan fingerprint density at radius 1 is 0.933 bits per heavy atom. The molecule has 0 amide bonds. The number of anilines is 1. The van der Waals surface area contributed by atoms with E-state index in [2.05, 4.69) is 0 Å². The van der Waals surface area contributed by atoms with E-state index in [1.54, 1.807) is 0 Å². The van der Waals surface area contributed by atoms with E-state index in [0.717, 1.165) is 18.2 Å². The SMILES string of the molecule is Nc1ccc(S(=O)(=O)O)c(S(=O)(=O)O)c1. The summed E-state index contributed by atoms with van der Waals surface area (Å²) in [6.07, 6.45) is 0. The fourth-order valence-corrected chi connectivity index (χ4v) is 2.73. The van der Waals surface area contributed by atoms with Gasteiger partial charge in [-0.05, 0) is 18.2 Å². The molecule has 9 heteroatoms.